The molecule has 2 aromatic heterocycles. The van der Waals surface area contributed by atoms with Crippen LogP contribution in [0.4, 0.5) is 10.3 Å². The third-order valence-corrected chi connectivity index (χ3v) is 4.47. The number of hydrogen-bond donors (Lipinski definition) is 1. The van der Waals surface area contributed by atoms with Crippen LogP contribution in [-0.4, -0.2) is 22.0 Å². The lowest BCUT2D eigenvalue weighted by Crippen LogP contribution is -1.98. The van der Waals surface area contributed by atoms with Gasteiger partial charge in [-0.05, 0) is 23.9 Å². The lowest BCUT2D eigenvalue weighted by Gasteiger charge is -2.01. The Labute approximate surface area is 117 Å². The Kier molecular flexibility index (Phi) is 3.31. The highest BCUT2D eigenvalue weighted by Gasteiger charge is 2.11. The van der Waals surface area contributed by atoms with E-state index in [1.54, 1.807) is 7.05 Å². The van der Waals surface area contributed by atoms with Gasteiger partial charge in [-0.3, -0.25) is 0 Å². The van der Waals surface area contributed by atoms with Crippen LogP contribution >= 0.6 is 23.1 Å². The van der Waals surface area contributed by atoms with Gasteiger partial charge in [-0.1, -0.05) is 12.1 Å². The molecule has 3 rings (SSSR count). The lowest BCUT2D eigenvalue weighted by molar-refractivity contribution is 0.580. The molecule has 0 saturated heterocycles. The summed E-state index contributed by atoms with van der Waals surface area (Å²) < 4.78 is 15.5. The van der Waals surface area contributed by atoms with Crippen molar-refractivity contribution in [3.8, 4) is 0 Å². The predicted molar refractivity (Wildman–Crippen MR) is 75.3 cm³/mol. The fourth-order valence-corrected chi connectivity index (χ4v) is 3.48. The van der Waals surface area contributed by atoms with Gasteiger partial charge in [0.05, 0.1) is 16.4 Å². The minimum atomic E-state index is -0.441. The fraction of sp³-hybridized carbons (Fsp3) is 0.0833. The Hall–Kier alpha value is -1.73. The average molecular weight is 292 g/mol. The molecule has 3 aromatic rings. The number of benzene rings is 1. The van der Waals surface area contributed by atoms with Gasteiger partial charge in [0.15, 0.2) is 10.2 Å². The lowest BCUT2D eigenvalue weighted by atomic mass is 10.3. The molecule has 96 valence electrons. The van der Waals surface area contributed by atoms with E-state index in [4.69, 9.17) is 0 Å². The Morgan fingerprint density at radius 3 is 2.89 bits per heavy atom. The first-order chi connectivity index (χ1) is 9.26. The second-order valence-corrected chi connectivity index (χ2v) is 5.91. The maximum absolute atomic E-state index is 13.7. The van der Waals surface area contributed by atoms with Crippen LogP contribution < -0.4 is 5.32 Å². The highest BCUT2D eigenvalue weighted by Crippen LogP contribution is 2.34. The zero-order valence-electron chi connectivity index (χ0n) is 9.92. The van der Waals surface area contributed by atoms with Crippen LogP contribution in [0.5, 0.6) is 0 Å². The van der Waals surface area contributed by atoms with Gasteiger partial charge >= 0.3 is 0 Å². The Bertz CT molecular complexity index is 696. The zero-order chi connectivity index (χ0) is 13.2. The summed E-state index contributed by atoms with van der Waals surface area (Å²) in [6.07, 6.45) is 1.16. The van der Waals surface area contributed by atoms with Gasteiger partial charge in [-0.15, -0.1) is 11.3 Å². The van der Waals surface area contributed by atoms with Crippen LogP contribution in [0.2, 0.25) is 0 Å². The first-order valence-electron chi connectivity index (χ1n) is 5.50. The van der Waals surface area contributed by atoms with Crippen LogP contribution in [0.3, 0.4) is 0 Å². The first kappa shape index (κ1) is 12.3. The van der Waals surface area contributed by atoms with Crippen molar-refractivity contribution in [2.24, 2.45) is 0 Å². The van der Waals surface area contributed by atoms with Crippen molar-refractivity contribution >= 4 is 39.3 Å². The van der Waals surface area contributed by atoms with Crippen molar-refractivity contribution in [3.05, 3.63) is 36.3 Å². The maximum atomic E-state index is 13.7. The number of rotatable bonds is 3. The minimum absolute atomic E-state index is 0.276. The van der Waals surface area contributed by atoms with Crippen molar-refractivity contribution in [2.75, 3.05) is 12.4 Å². The Balaban J connectivity index is 1.96. The van der Waals surface area contributed by atoms with Gasteiger partial charge in [0.1, 0.15) is 5.03 Å². The summed E-state index contributed by atoms with van der Waals surface area (Å²) in [4.78, 5) is 12.3. The molecule has 1 N–H and O–H groups in total. The van der Waals surface area contributed by atoms with Gasteiger partial charge in [0.2, 0.25) is 5.95 Å². The second kappa shape index (κ2) is 5.10. The van der Waals surface area contributed by atoms with Gasteiger partial charge < -0.3 is 5.32 Å². The summed E-state index contributed by atoms with van der Waals surface area (Å²) in [5.74, 6) is -0.0479. The molecule has 0 fully saturated rings. The Morgan fingerprint density at radius 2 is 2.11 bits per heavy atom. The maximum Gasteiger partial charge on any atom is 0.223 e. The molecule has 0 amide bonds. The summed E-state index contributed by atoms with van der Waals surface area (Å²) in [5, 5.41) is 3.06. The number of aromatic nitrogens is 3. The van der Waals surface area contributed by atoms with Crippen LogP contribution in [0, 0.1) is 5.82 Å². The van der Waals surface area contributed by atoms with E-state index in [9.17, 15) is 4.39 Å². The highest BCUT2D eigenvalue weighted by atomic mass is 32.2. The fourth-order valence-electron chi connectivity index (χ4n) is 1.52. The number of halogens is 1. The van der Waals surface area contributed by atoms with E-state index in [0.29, 0.717) is 5.95 Å². The molecule has 0 aliphatic heterocycles. The number of hydrogen-bond acceptors (Lipinski definition) is 6. The zero-order valence-corrected chi connectivity index (χ0v) is 11.6. The van der Waals surface area contributed by atoms with Gasteiger partial charge in [0, 0.05) is 7.05 Å². The molecule has 19 heavy (non-hydrogen) atoms. The number of para-hydroxylation sites is 1. The van der Waals surface area contributed by atoms with Crippen LogP contribution in [-0.2, 0) is 0 Å². The predicted octanol–water partition coefficient (Wildman–Crippen LogP) is 3.42. The van der Waals surface area contributed by atoms with Crippen molar-refractivity contribution in [2.45, 2.75) is 9.37 Å². The molecular formula is C12H9FN4S2. The van der Waals surface area contributed by atoms with Crippen LogP contribution in [0.1, 0.15) is 0 Å². The topological polar surface area (TPSA) is 50.7 Å². The highest BCUT2D eigenvalue weighted by molar-refractivity contribution is 8.01. The van der Waals surface area contributed by atoms with E-state index >= 15 is 0 Å². The van der Waals surface area contributed by atoms with Crippen molar-refractivity contribution < 1.29 is 4.39 Å². The van der Waals surface area contributed by atoms with Gasteiger partial charge in [-0.2, -0.15) is 0 Å². The number of thiazole rings is 1. The van der Waals surface area contributed by atoms with Gasteiger partial charge in [0.25, 0.3) is 0 Å². The summed E-state index contributed by atoms with van der Waals surface area (Å²) in [5.41, 5.74) is 0.915. The van der Waals surface area contributed by atoms with E-state index in [2.05, 4.69) is 20.3 Å². The smallest absolute Gasteiger partial charge is 0.223 e. The third-order valence-electron chi connectivity index (χ3n) is 2.39. The minimum Gasteiger partial charge on any atom is -0.357 e. The molecule has 0 bridgehead atoms. The van der Waals surface area contributed by atoms with Crippen molar-refractivity contribution in [1.29, 1.82) is 0 Å². The summed E-state index contributed by atoms with van der Waals surface area (Å²) in [6.45, 7) is 0. The normalized spacial score (nSPS) is 10.8. The molecule has 4 nitrogen and oxygen atoms in total. The summed E-state index contributed by atoms with van der Waals surface area (Å²) >= 11 is 2.73. The SMILES string of the molecule is CNc1ncc(F)c(Sc2nc3ccccc3s2)n1. The van der Waals surface area contributed by atoms with E-state index in [1.165, 1.54) is 23.1 Å². The summed E-state index contributed by atoms with van der Waals surface area (Å²) in [6, 6.07) is 7.82. The Morgan fingerprint density at radius 1 is 1.26 bits per heavy atom. The third kappa shape index (κ3) is 2.52. The molecule has 2 heterocycles. The number of anilines is 1. The van der Waals surface area contributed by atoms with Crippen LogP contribution in [0.15, 0.2) is 39.8 Å². The van der Waals surface area contributed by atoms with Gasteiger partial charge in [-0.25, -0.2) is 19.3 Å². The van der Waals surface area contributed by atoms with Crippen molar-refractivity contribution in [1.82, 2.24) is 15.0 Å². The molecule has 0 radical (unpaired) electrons. The molecule has 0 saturated carbocycles. The number of nitrogens with zero attached hydrogens (tertiary/aromatic N) is 3. The van der Waals surface area contributed by atoms with E-state index in [-0.39, 0.29) is 5.03 Å². The first-order valence-corrected chi connectivity index (χ1v) is 7.13. The summed E-state index contributed by atoms with van der Waals surface area (Å²) in [7, 11) is 1.69. The number of nitrogens with one attached hydrogen (secondary N) is 1. The average Bonchev–Trinajstić information content (AvgIpc) is 2.83. The molecule has 0 atom stereocenters. The van der Waals surface area contributed by atoms with Crippen LogP contribution in [0.25, 0.3) is 10.2 Å². The molecule has 7 heteroatoms. The largest absolute Gasteiger partial charge is 0.357 e. The standard InChI is InChI=1S/C12H9FN4S2/c1-14-11-15-6-7(13)10(17-11)19-12-16-8-4-2-3-5-9(8)18-12/h2-6H,1H3,(H,14,15,17). The quantitative estimate of drug-likeness (QED) is 0.750. The molecule has 0 aliphatic rings. The molecule has 1 aromatic carbocycles. The second-order valence-electron chi connectivity index (χ2n) is 3.65. The van der Waals surface area contributed by atoms with E-state index in [1.807, 2.05) is 24.3 Å². The molecule has 0 spiro atoms. The monoisotopic (exact) mass is 292 g/mol. The van der Waals surface area contributed by atoms with E-state index < -0.39 is 5.82 Å². The van der Waals surface area contributed by atoms with E-state index in [0.717, 1.165) is 20.8 Å². The van der Waals surface area contributed by atoms with Crippen molar-refractivity contribution in [3.63, 3.8) is 0 Å². The molecule has 0 unspecified atom stereocenters. The number of fused-ring (bicyclic) bond motifs is 1. The molecular weight excluding hydrogens is 283 g/mol. The molecule has 0 aliphatic carbocycles.